The number of rotatable bonds is 5. The molecule has 31 heavy (non-hydrogen) atoms. The number of ether oxygens (including phenoxy) is 1. The summed E-state index contributed by atoms with van der Waals surface area (Å²) in [4.78, 5) is 26.4. The van der Waals surface area contributed by atoms with Gasteiger partial charge in [0.15, 0.2) is 12.6 Å². The van der Waals surface area contributed by atoms with Gasteiger partial charge in [-0.1, -0.05) is 17.7 Å². The molecule has 0 bridgehead atoms. The van der Waals surface area contributed by atoms with Crippen molar-refractivity contribution >= 4 is 46.5 Å². The van der Waals surface area contributed by atoms with Crippen LogP contribution in [0.5, 0.6) is 0 Å². The van der Waals surface area contributed by atoms with Crippen LogP contribution in [-0.4, -0.2) is 55.5 Å². The number of piperazine rings is 1. The van der Waals surface area contributed by atoms with E-state index in [1.807, 2.05) is 17.0 Å². The molecule has 3 N–H and O–H groups in total. The van der Waals surface area contributed by atoms with Gasteiger partial charge in [0.25, 0.3) is 5.91 Å². The number of para-hydroxylation sites is 1. The fourth-order valence-corrected chi connectivity index (χ4v) is 3.33. The van der Waals surface area contributed by atoms with Crippen molar-refractivity contribution in [3.8, 4) is 0 Å². The predicted molar refractivity (Wildman–Crippen MR) is 118 cm³/mol. The Morgan fingerprint density at radius 2 is 1.77 bits per heavy atom. The number of esters is 1. The molecule has 0 unspecified atom stereocenters. The van der Waals surface area contributed by atoms with Crippen molar-refractivity contribution in [2.45, 2.75) is 6.92 Å². The van der Waals surface area contributed by atoms with Crippen LogP contribution in [0.2, 0.25) is 5.02 Å². The van der Waals surface area contributed by atoms with Crippen molar-refractivity contribution in [1.82, 2.24) is 4.90 Å². The second-order valence-corrected chi connectivity index (χ2v) is 7.33. The number of hydrogen-bond donors (Lipinski definition) is 3. The number of carbonyl (C=O) groups excluding carboxylic acids is 2. The lowest BCUT2D eigenvalue weighted by Crippen LogP contribution is -2.50. The molecule has 1 saturated heterocycles. The molecule has 164 valence electrons. The summed E-state index contributed by atoms with van der Waals surface area (Å²) >= 11 is 6.02. The predicted octanol–water partition coefficient (Wildman–Crippen LogP) is 3.15. The van der Waals surface area contributed by atoms with Gasteiger partial charge >= 0.3 is 5.97 Å². The molecule has 2 aromatic carbocycles. The summed E-state index contributed by atoms with van der Waals surface area (Å²) in [6.45, 7) is 3.43. The Hall–Kier alpha value is -3.33. The van der Waals surface area contributed by atoms with E-state index >= 15 is 0 Å². The van der Waals surface area contributed by atoms with E-state index in [4.69, 9.17) is 17.0 Å². The van der Waals surface area contributed by atoms with Crippen LogP contribution in [0, 0.1) is 11.2 Å². The number of nitrogens with zero attached hydrogens (tertiary/aromatic N) is 2. The molecule has 1 heterocycles. The van der Waals surface area contributed by atoms with Crippen LogP contribution >= 0.6 is 11.6 Å². The molecule has 0 aromatic heterocycles. The number of guanidine groups is 1. The monoisotopic (exact) mass is 447 g/mol. The van der Waals surface area contributed by atoms with Gasteiger partial charge in [-0.05, 0) is 36.4 Å². The van der Waals surface area contributed by atoms with Crippen molar-refractivity contribution in [3.63, 3.8) is 0 Å². The molecule has 2 aromatic rings. The van der Waals surface area contributed by atoms with Gasteiger partial charge in [-0.3, -0.25) is 15.0 Å². The fraction of sp³-hybridized carbons (Fsp3) is 0.286. The highest BCUT2D eigenvalue weighted by Crippen LogP contribution is 2.25. The maximum atomic E-state index is 13.9. The summed E-state index contributed by atoms with van der Waals surface area (Å²) in [5.41, 5.74) is 1.68. The van der Waals surface area contributed by atoms with Crippen LogP contribution in [0.4, 0.5) is 21.5 Å². The Balaban J connectivity index is 1.50. The Morgan fingerprint density at radius 1 is 1.10 bits per heavy atom. The molecule has 0 saturated carbocycles. The van der Waals surface area contributed by atoms with E-state index in [1.165, 1.54) is 19.1 Å². The van der Waals surface area contributed by atoms with E-state index in [1.54, 1.807) is 18.2 Å². The second kappa shape index (κ2) is 10.1. The molecular formula is C21H23ClFN5O3. The minimum atomic E-state index is -0.509. The third kappa shape index (κ3) is 6.08. The number of benzene rings is 2. The summed E-state index contributed by atoms with van der Waals surface area (Å²) in [5.74, 6) is -1.32. The molecule has 1 aliphatic rings. The zero-order chi connectivity index (χ0) is 22.4. The highest BCUT2D eigenvalue weighted by atomic mass is 35.5. The van der Waals surface area contributed by atoms with Crippen molar-refractivity contribution in [1.29, 1.82) is 5.41 Å². The van der Waals surface area contributed by atoms with E-state index in [9.17, 15) is 14.0 Å². The van der Waals surface area contributed by atoms with Gasteiger partial charge in [-0.25, -0.2) is 4.39 Å². The summed E-state index contributed by atoms with van der Waals surface area (Å²) in [7, 11) is 0. The number of halogens is 2. The summed E-state index contributed by atoms with van der Waals surface area (Å²) in [6.07, 6.45) is 0. The highest BCUT2D eigenvalue weighted by molar-refractivity contribution is 6.33. The topological polar surface area (TPSA) is 97.8 Å². The van der Waals surface area contributed by atoms with Gasteiger partial charge in [-0.2, -0.15) is 0 Å². The first kappa shape index (κ1) is 22.4. The van der Waals surface area contributed by atoms with Gasteiger partial charge in [0.1, 0.15) is 5.82 Å². The number of hydrogen-bond acceptors (Lipinski definition) is 5. The van der Waals surface area contributed by atoms with Gasteiger partial charge in [0.05, 0.1) is 10.7 Å². The van der Waals surface area contributed by atoms with Crippen LogP contribution in [0.3, 0.4) is 0 Å². The molecule has 3 rings (SSSR count). The molecule has 0 spiro atoms. The summed E-state index contributed by atoms with van der Waals surface area (Å²) < 4.78 is 18.6. The average molecular weight is 448 g/mol. The number of anilines is 3. The molecule has 1 fully saturated rings. The van der Waals surface area contributed by atoms with Crippen molar-refractivity contribution in [3.05, 3.63) is 53.3 Å². The smallest absolute Gasteiger partial charge is 0.303 e. The molecule has 1 amide bonds. The van der Waals surface area contributed by atoms with Gasteiger partial charge < -0.3 is 25.2 Å². The number of carbonyl (C=O) groups is 2. The lowest BCUT2D eigenvalue weighted by molar-refractivity contribution is -0.144. The van der Waals surface area contributed by atoms with E-state index < -0.39 is 17.7 Å². The Bertz CT molecular complexity index is 942. The molecule has 0 radical (unpaired) electrons. The van der Waals surface area contributed by atoms with Gasteiger partial charge in [0.2, 0.25) is 0 Å². The van der Waals surface area contributed by atoms with Crippen LogP contribution < -0.4 is 15.5 Å². The third-order valence-electron chi connectivity index (χ3n) is 4.72. The number of amides is 1. The van der Waals surface area contributed by atoms with E-state index in [-0.39, 0.29) is 23.3 Å². The first-order chi connectivity index (χ1) is 14.8. The summed E-state index contributed by atoms with van der Waals surface area (Å²) in [5, 5.41) is 13.9. The standard InChI is InChI=1S/C21H23ClFN5O3/c1-14(29)31-13-19(30)25-15-5-7-16(8-6-15)27-9-11-28(12-10-27)21(24)26-20-17(22)3-2-4-18(20)23/h2-8H,9-13H2,1H3,(H2,24,26)(H,25,30). The quantitative estimate of drug-likeness (QED) is 0.370. The Morgan fingerprint density at radius 3 is 2.39 bits per heavy atom. The third-order valence-corrected chi connectivity index (χ3v) is 5.04. The zero-order valence-electron chi connectivity index (χ0n) is 17.0. The summed E-state index contributed by atoms with van der Waals surface area (Å²) in [6, 6.07) is 11.7. The maximum absolute atomic E-state index is 13.9. The second-order valence-electron chi connectivity index (χ2n) is 6.92. The Labute approximate surface area is 184 Å². The van der Waals surface area contributed by atoms with Crippen molar-refractivity contribution < 1.29 is 18.7 Å². The maximum Gasteiger partial charge on any atom is 0.303 e. The first-order valence-electron chi connectivity index (χ1n) is 9.66. The fourth-order valence-electron chi connectivity index (χ4n) is 3.12. The normalized spacial score (nSPS) is 13.5. The molecule has 0 atom stereocenters. The molecular weight excluding hydrogens is 425 g/mol. The zero-order valence-corrected chi connectivity index (χ0v) is 17.7. The minimum absolute atomic E-state index is 0.0949. The van der Waals surface area contributed by atoms with Crippen LogP contribution in [0.15, 0.2) is 42.5 Å². The van der Waals surface area contributed by atoms with Crippen LogP contribution in [-0.2, 0) is 14.3 Å². The van der Waals surface area contributed by atoms with E-state index in [2.05, 4.69) is 20.3 Å². The lowest BCUT2D eigenvalue weighted by Gasteiger charge is -2.37. The molecule has 10 heteroatoms. The Kier molecular flexibility index (Phi) is 7.30. The minimum Gasteiger partial charge on any atom is -0.456 e. The van der Waals surface area contributed by atoms with Crippen molar-refractivity contribution in [2.75, 3.05) is 48.3 Å². The highest BCUT2D eigenvalue weighted by Gasteiger charge is 2.21. The number of nitrogens with one attached hydrogen (secondary N) is 3. The van der Waals surface area contributed by atoms with E-state index in [0.29, 0.717) is 31.9 Å². The van der Waals surface area contributed by atoms with Gasteiger partial charge in [-0.15, -0.1) is 0 Å². The molecule has 0 aliphatic carbocycles. The lowest BCUT2D eigenvalue weighted by atomic mass is 10.2. The molecule has 8 nitrogen and oxygen atoms in total. The molecule has 1 aliphatic heterocycles. The SMILES string of the molecule is CC(=O)OCC(=O)Nc1ccc(N2CCN(C(=N)Nc3c(F)cccc3Cl)CC2)cc1. The largest absolute Gasteiger partial charge is 0.456 e. The van der Waals surface area contributed by atoms with E-state index in [0.717, 1.165) is 5.69 Å². The van der Waals surface area contributed by atoms with Gasteiger partial charge in [0, 0.05) is 44.5 Å². The van der Waals surface area contributed by atoms with Crippen molar-refractivity contribution in [2.24, 2.45) is 0 Å². The first-order valence-corrected chi connectivity index (χ1v) is 10.0. The van der Waals surface area contributed by atoms with Crippen LogP contribution in [0.1, 0.15) is 6.92 Å². The van der Waals surface area contributed by atoms with Crippen LogP contribution in [0.25, 0.3) is 0 Å². The average Bonchev–Trinajstić information content (AvgIpc) is 2.75.